The Balaban J connectivity index is 1.77. The van der Waals surface area contributed by atoms with Crippen molar-refractivity contribution in [2.45, 2.75) is 32.2 Å². The van der Waals surface area contributed by atoms with Crippen LogP contribution < -0.4 is 0 Å². The van der Waals surface area contributed by atoms with E-state index in [1.807, 2.05) is 40.6 Å². The lowest BCUT2D eigenvalue weighted by Crippen LogP contribution is -2.40. The summed E-state index contributed by atoms with van der Waals surface area (Å²) < 4.78 is 1.99. The predicted octanol–water partition coefficient (Wildman–Crippen LogP) is 2.80. The van der Waals surface area contributed by atoms with E-state index in [1.54, 1.807) is 18.6 Å². The third kappa shape index (κ3) is 2.54. The average molecular weight is 321 g/mol. The summed E-state index contributed by atoms with van der Waals surface area (Å²) in [6.07, 6.45) is 8.25. The highest BCUT2D eigenvalue weighted by atomic mass is 16.2. The Morgan fingerprint density at radius 1 is 1.29 bits per heavy atom. The van der Waals surface area contributed by atoms with Crippen LogP contribution in [0.15, 0.2) is 43.0 Å². The molecule has 0 aromatic carbocycles. The van der Waals surface area contributed by atoms with Crippen molar-refractivity contribution >= 4 is 11.4 Å². The predicted molar refractivity (Wildman–Crippen MR) is 89.6 cm³/mol. The van der Waals surface area contributed by atoms with E-state index in [2.05, 4.69) is 9.97 Å². The fraction of sp³-hybridized carbons (Fsp3) is 0.333. The molecule has 1 amide bonds. The number of rotatable bonds is 2. The molecule has 0 spiro atoms. The van der Waals surface area contributed by atoms with Crippen LogP contribution in [0.2, 0.25) is 0 Å². The van der Waals surface area contributed by atoms with Crippen LogP contribution in [0.1, 0.15) is 47.3 Å². The van der Waals surface area contributed by atoms with Crippen LogP contribution in [0.25, 0.3) is 5.52 Å². The molecule has 122 valence electrons. The molecule has 1 aliphatic heterocycles. The van der Waals surface area contributed by atoms with Gasteiger partial charge in [0.25, 0.3) is 5.91 Å². The van der Waals surface area contributed by atoms with Gasteiger partial charge in [-0.15, -0.1) is 0 Å². The maximum atomic E-state index is 13.0. The molecule has 0 radical (unpaired) electrons. The first-order chi connectivity index (χ1) is 11.7. The molecule has 0 bridgehead atoms. The van der Waals surface area contributed by atoms with E-state index in [1.165, 1.54) is 0 Å². The summed E-state index contributed by atoms with van der Waals surface area (Å²) in [6, 6.07) is 7.39. The fourth-order valence-electron chi connectivity index (χ4n) is 3.40. The van der Waals surface area contributed by atoms with Crippen molar-refractivity contribution in [2.24, 2.45) is 0 Å². The zero-order chi connectivity index (χ0) is 16.5. The molecule has 24 heavy (non-hydrogen) atoms. The number of amides is 1. The zero-order valence-electron chi connectivity index (χ0n) is 13.6. The number of imidazole rings is 1. The lowest BCUT2D eigenvalue weighted by molar-refractivity contribution is 0.0592. The molecule has 1 fully saturated rings. The van der Waals surface area contributed by atoms with Crippen LogP contribution >= 0.6 is 0 Å². The summed E-state index contributed by atoms with van der Waals surface area (Å²) in [5.74, 6) is 0.850. The molecule has 6 nitrogen and oxygen atoms in total. The van der Waals surface area contributed by atoms with Crippen LogP contribution in [0.3, 0.4) is 0 Å². The first-order valence-corrected chi connectivity index (χ1v) is 8.25. The van der Waals surface area contributed by atoms with Gasteiger partial charge in [-0.25, -0.2) is 9.97 Å². The van der Waals surface area contributed by atoms with Crippen LogP contribution in [0.4, 0.5) is 0 Å². The van der Waals surface area contributed by atoms with E-state index in [4.69, 9.17) is 4.98 Å². The maximum Gasteiger partial charge on any atom is 0.273 e. The number of piperidine rings is 1. The van der Waals surface area contributed by atoms with Crippen molar-refractivity contribution in [1.29, 1.82) is 0 Å². The molecule has 3 aromatic rings. The Hall–Kier alpha value is -2.76. The van der Waals surface area contributed by atoms with Crippen LogP contribution in [0.5, 0.6) is 0 Å². The largest absolute Gasteiger partial charge is 0.327 e. The van der Waals surface area contributed by atoms with Crippen molar-refractivity contribution in [3.8, 4) is 0 Å². The smallest absolute Gasteiger partial charge is 0.273 e. The number of nitrogens with zero attached hydrogens (tertiary/aromatic N) is 5. The van der Waals surface area contributed by atoms with Crippen LogP contribution in [-0.2, 0) is 0 Å². The molecular weight excluding hydrogens is 302 g/mol. The first kappa shape index (κ1) is 14.8. The Labute approximate surface area is 140 Å². The Morgan fingerprint density at radius 2 is 2.21 bits per heavy atom. The second-order valence-electron chi connectivity index (χ2n) is 6.17. The van der Waals surface area contributed by atoms with Gasteiger partial charge < -0.3 is 4.90 Å². The Kier molecular flexibility index (Phi) is 3.72. The number of fused-ring (bicyclic) bond motifs is 1. The maximum absolute atomic E-state index is 13.0. The number of aryl methyl sites for hydroxylation is 1. The van der Waals surface area contributed by atoms with E-state index in [-0.39, 0.29) is 11.9 Å². The minimum absolute atomic E-state index is 0.0307. The molecule has 0 saturated carbocycles. The topological polar surface area (TPSA) is 63.4 Å². The van der Waals surface area contributed by atoms with Crippen LogP contribution in [0, 0.1) is 6.92 Å². The molecular formula is C18H19N5O. The SMILES string of the molecule is Cc1cc2cncn2c([C@H]2CCCCN2C(=O)c2ccccn2)n1. The number of carbonyl (C=O) groups excluding carboxylic acids is 1. The van der Waals surface area contributed by atoms with E-state index < -0.39 is 0 Å². The molecule has 0 N–H and O–H groups in total. The van der Waals surface area contributed by atoms with Crippen molar-refractivity contribution in [1.82, 2.24) is 24.3 Å². The van der Waals surface area contributed by atoms with Gasteiger partial charge in [0.1, 0.15) is 17.8 Å². The standard InChI is InChI=1S/C18H19N5O/c1-13-10-14-11-19-12-23(14)17(21-13)16-7-3-5-9-22(16)18(24)15-6-2-4-8-20-15/h2,4,6,8,10-12,16H,3,5,7,9H2,1H3/t16-/m1/s1. The molecule has 0 aliphatic carbocycles. The van der Waals surface area contributed by atoms with E-state index in [0.29, 0.717) is 5.69 Å². The number of hydrogen-bond acceptors (Lipinski definition) is 4. The minimum Gasteiger partial charge on any atom is -0.327 e. The van der Waals surface area contributed by atoms with Gasteiger partial charge >= 0.3 is 0 Å². The van der Waals surface area contributed by atoms with Gasteiger partial charge in [0.15, 0.2) is 0 Å². The zero-order valence-corrected chi connectivity index (χ0v) is 13.6. The summed E-state index contributed by atoms with van der Waals surface area (Å²) in [7, 11) is 0. The normalized spacial score (nSPS) is 18.0. The van der Waals surface area contributed by atoms with Gasteiger partial charge in [0.2, 0.25) is 0 Å². The lowest BCUT2D eigenvalue weighted by atomic mass is 10.0. The summed E-state index contributed by atoms with van der Waals surface area (Å²) in [6.45, 7) is 2.70. The fourth-order valence-corrected chi connectivity index (χ4v) is 3.40. The molecule has 6 heteroatoms. The molecule has 3 aromatic heterocycles. The highest BCUT2D eigenvalue weighted by Gasteiger charge is 2.31. The second kappa shape index (κ2) is 6.03. The van der Waals surface area contributed by atoms with Gasteiger partial charge in [0, 0.05) is 18.4 Å². The molecule has 1 saturated heterocycles. The minimum atomic E-state index is -0.0511. The van der Waals surface area contributed by atoms with Gasteiger partial charge in [0.05, 0.1) is 17.8 Å². The highest BCUT2D eigenvalue weighted by Crippen LogP contribution is 2.31. The van der Waals surface area contributed by atoms with E-state index in [0.717, 1.165) is 42.8 Å². The summed E-state index contributed by atoms with van der Waals surface area (Å²) in [4.78, 5) is 28.0. The monoisotopic (exact) mass is 321 g/mol. The number of aromatic nitrogens is 4. The van der Waals surface area contributed by atoms with Crippen molar-refractivity contribution < 1.29 is 4.79 Å². The number of likely N-dealkylation sites (tertiary alicyclic amines) is 1. The Bertz CT molecular complexity index is 874. The van der Waals surface area contributed by atoms with Crippen LogP contribution in [-0.4, -0.2) is 36.7 Å². The van der Waals surface area contributed by atoms with Gasteiger partial charge in [-0.1, -0.05) is 6.07 Å². The Morgan fingerprint density at radius 3 is 3.04 bits per heavy atom. The van der Waals surface area contributed by atoms with Gasteiger partial charge in [-0.3, -0.25) is 14.2 Å². The second-order valence-corrected chi connectivity index (χ2v) is 6.17. The summed E-state index contributed by atoms with van der Waals surface area (Å²) >= 11 is 0. The lowest BCUT2D eigenvalue weighted by Gasteiger charge is -2.35. The third-order valence-electron chi connectivity index (χ3n) is 4.51. The molecule has 4 heterocycles. The average Bonchev–Trinajstić information content (AvgIpc) is 3.09. The number of carbonyl (C=O) groups is 1. The van der Waals surface area contributed by atoms with Gasteiger partial charge in [-0.2, -0.15) is 0 Å². The summed E-state index contributed by atoms with van der Waals surface area (Å²) in [5, 5.41) is 0. The highest BCUT2D eigenvalue weighted by molar-refractivity contribution is 5.92. The summed E-state index contributed by atoms with van der Waals surface area (Å²) in [5.41, 5.74) is 2.43. The quantitative estimate of drug-likeness (QED) is 0.728. The molecule has 4 rings (SSSR count). The van der Waals surface area contributed by atoms with E-state index >= 15 is 0 Å². The van der Waals surface area contributed by atoms with Crippen molar-refractivity contribution in [2.75, 3.05) is 6.54 Å². The van der Waals surface area contributed by atoms with Crippen molar-refractivity contribution in [3.63, 3.8) is 0 Å². The van der Waals surface area contributed by atoms with Crippen molar-refractivity contribution in [3.05, 3.63) is 60.2 Å². The third-order valence-corrected chi connectivity index (χ3v) is 4.51. The van der Waals surface area contributed by atoms with E-state index in [9.17, 15) is 4.79 Å². The molecule has 1 aliphatic rings. The number of pyridine rings is 1. The molecule has 0 unspecified atom stereocenters. The van der Waals surface area contributed by atoms with Gasteiger partial charge in [-0.05, 0) is 44.4 Å². The molecule has 1 atom stereocenters. The first-order valence-electron chi connectivity index (χ1n) is 8.25. The number of hydrogen-bond donors (Lipinski definition) is 0.